The topological polar surface area (TPSA) is 54.5 Å². The van der Waals surface area contributed by atoms with Crippen molar-refractivity contribution in [2.45, 2.75) is 45.4 Å². The third kappa shape index (κ3) is 3.72. The molecular formula is C18H27N3O2. The van der Waals surface area contributed by atoms with Crippen molar-refractivity contribution in [1.82, 2.24) is 15.2 Å². The van der Waals surface area contributed by atoms with Crippen LogP contribution in [0.4, 0.5) is 0 Å². The van der Waals surface area contributed by atoms with Crippen molar-refractivity contribution in [2.75, 3.05) is 20.2 Å². The molecule has 23 heavy (non-hydrogen) atoms. The standard InChI is InChI=1S/C18H27N3O2/c1-12-14(5-4-6-19-12)9-21-10-15-7-17(20-13(2)22)18(23-3)8-16(15)11-21/h4-6,15-18H,7-11H2,1-3H3,(H,20,22)/t15-,16+,17-,18-/m1/s1. The van der Waals surface area contributed by atoms with Gasteiger partial charge in [-0.3, -0.25) is 14.7 Å². The summed E-state index contributed by atoms with van der Waals surface area (Å²) in [6.07, 6.45) is 4.05. The van der Waals surface area contributed by atoms with Gasteiger partial charge >= 0.3 is 0 Å². The second kappa shape index (κ2) is 6.97. The highest BCUT2D eigenvalue weighted by Crippen LogP contribution is 2.38. The number of aromatic nitrogens is 1. The minimum Gasteiger partial charge on any atom is -0.379 e. The Kier molecular flexibility index (Phi) is 4.97. The summed E-state index contributed by atoms with van der Waals surface area (Å²) >= 11 is 0. The van der Waals surface area contributed by atoms with Gasteiger partial charge in [-0.2, -0.15) is 0 Å². The minimum atomic E-state index is 0.0383. The van der Waals surface area contributed by atoms with E-state index in [-0.39, 0.29) is 18.1 Å². The molecule has 1 saturated heterocycles. The lowest BCUT2D eigenvalue weighted by Gasteiger charge is -2.37. The number of hydrogen-bond acceptors (Lipinski definition) is 4. The third-order valence-corrected chi connectivity index (χ3v) is 5.39. The van der Waals surface area contributed by atoms with E-state index in [4.69, 9.17) is 4.74 Å². The summed E-state index contributed by atoms with van der Waals surface area (Å²) in [5.41, 5.74) is 2.43. The number of carbonyl (C=O) groups is 1. The second-order valence-electron chi connectivity index (χ2n) is 7.01. The highest BCUT2D eigenvalue weighted by Gasteiger charge is 2.42. The maximum absolute atomic E-state index is 11.4. The van der Waals surface area contributed by atoms with Crippen LogP contribution in [-0.4, -0.2) is 48.1 Å². The molecule has 1 amide bonds. The van der Waals surface area contributed by atoms with Crippen LogP contribution >= 0.6 is 0 Å². The maximum Gasteiger partial charge on any atom is 0.217 e. The maximum atomic E-state index is 11.4. The van der Waals surface area contributed by atoms with Crippen molar-refractivity contribution in [2.24, 2.45) is 11.8 Å². The molecule has 0 spiro atoms. The summed E-state index contributed by atoms with van der Waals surface area (Å²) < 4.78 is 5.64. The van der Waals surface area contributed by atoms with Crippen LogP contribution in [0.15, 0.2) is 18.3 Å². The summed E-state index contributed by atoms with van der Waals surface area (Å²) in [5.74, 6) is 1.36. The van der Waals surface area contributed by atoms with Crippen LogP contribution < -0.4 is 5.32 Å². The largest absolute Gasteiger partial charge is 0.379 e. The molecular weight excluding hydrogens is 290 g/mol. The molecule has 2 fully saturated rings. The van der Waals surface area contributed by atoms with E-state index in [0.29, 0.717) is 11.8 Å². The quantitative estimate of drug-likeness (QED) is 0.919. The number of ether oxygens (including phenoxy) is 1. The Labute approximate surface area is 138 Å². The van der Waals surface area contributed by atoms with Gasteiger partial charge in [-0.15, -0.1) is 0 Å². The number of rotatable bonds is 4. The van der Waals surface area contributed by atoms with Crippen LogP contribution in [0.3, 0.4) is 0 Å². The lowest BCUT2D eigenvalue weighted by atomic mass is 9.77. The van der Waals surface area contributed by atoms with E-state index in [9.17, 15) is 4.79 Å². The minimum absolute atomic E-state index is 0.0383. The molecule has 2 aliphatic rings. The monoisotopic (exact) mass is 317 g/mol. The smallest absolute Gasteiger partial charge is 0.217 e. The van der Waals surface area contributed by atoms with Gasteiger partial charge in [-0.1, -0.05) is 6.07 Å². The van der Waals surface area contributed by atoms with Crippen molar-refractivity contribution in [3.63, 3.8) is 0 Å². The van der Waals surface area contributed by atoms with Crippen LogP contribution in [0.2, 0.25) is 0 Å². The Morgan fingerprint density at radius 1 is 1.39 bits per heavy atom. The van der Waals surface area contributed by atoms with E-state index in [1.165, 1.54) is 5.56 Å². The zero-order valence-corrected chi connectivity index (χ0v) is 14.3. The van der Waals surface area contributed by atoms with Gasteiger partial charge in [-0.05, 0) is 43.2 Å². The van der Waals surface area contributed by atoms with Gasteiger partial charge in [-0.25, -0.2) is 0 Å². The fraction of sp³-hybridized carbons (Fsp3) is 0.667. The first kappa shape index (κ1) is 16.4. The molecule has 0 bridgehead atoms. The first-order valence-corrected chi connectivity index (χ1v) is 8.49. The Balaban J connectivity index is 1.64. The summed E-state index contributed by atoms with van der Waals surface area (Å²) in [5, 5.41) is 3.08. The van der Waals surface area contributed by atoms with Crippen molar-refractivity contribution in [3.05, 3.63) is 29.6 Å². The van der Waals surface area contributed by atoms with Gasteiger partial charge in [0.1, 0.15) is 0 Å². The molecule has 5 heteroatoms. The van der Waals surface area contributed by atoms with Crippen molar-refractivity contribution >= 4 is 5.91 Å². The van der Waals surface area contributed by atoms with Crippen molar-refractivity contribution < 1.29 is 9.53 Å². The number of pyridine rings is 1. The number of hydrogen-bond donors (Lipinski definition) is 1. The Morgan fingerprint density at radius 3 is 2.78 bits per heavy atom. The van der Waals surface area contributed by atoms with Crippen LogP contribution in [0.1, 0.15) is 31.0 Å². The van der Waals surface area contributed by atoms with E-state index in [2.05, 4.69) is 28.2 Å². The van der Waals surface area contributed by atoms with E-state index in [1.54, 1.807) is 14.0 Å². The fourth-order valence-corrected chi connectivity index (χ4v) is 4.24. The van der Waals surface area contributed by atoms with Crippen LogP contribution in [0.25, 0.3) is 0 Å². The molecule has 0 radical (unpaired) electrons. The average Bonchev–Trinajstić information content (AvgIpc) is 2.89. The number of amides is 1. The number of aryl methyl sites for hydroxylation is 1. The number of nitrogens with zero attached hydrogens (tertiary/aromatic N) is 2. The first-order chi connectivity index (χ1) is 11.1. The number of likely N-dealkylation sites (tertiary alicyclic amines) is 1. The summed E-state index contributed by atoms with van der Waals surface area (Å²) in [6.45, 7) is 6.85. The first-order valence-electron chi connectivity index (χ1n) is 8.49. The normalized spacial score (nSPS) is 30.9. The number of methoxy groups -OCH3 is 1. The molecule has 1 saturated carbocycles. The van der Waals surface area contributed by atoms with Crippen molar-refractivity contribution in [3.8, 4) is 0 Å². The average molecular weight is 317 g/mol. The lowest BCUT2D eigenvalue weighted by molar-refractivity contribution is -0.121. The van der Waals surface area contributed by atoms with Gasteiger partial charge in [0.25, 0.3) is 0 Å². The summed E-state index contributed by atoms with van der Waals surface area (Å²) in [4.78, 5) is 18.3. The Hall–Kier alpha value is -1.46. The van der Waals surface area contributed by atoms with Gasteiger partial charge < -0.3 is 10.1 Å². The molecule has 0 unspecified atom stereocenters. The number of carbonyl (C=O) groups excluding carboxylic acids is 1. The molecule has 1 aromatic rings. The lowest BCUT2D eigenvalue weighted by Crippen LogP contribution is -2.49. The molecule has 5 nitrogen and oxygen atoms in total. The van der Waals surface area contributed by atoms with Gasteiger partial charge in [0, 0.05) is 45.6 Å². The SMILES string of the molecule is CO[C@@H]1C[C@H]2CN(Cc3cccnc3C)C[C@H]2C[C@H]1NC(C)=O. The number of fused-ring (bicyclic) bond motifs is 1. The predicted octanol–water partition coefficient (Wildman–Crippen LogP) is 1.75. The Morgan fingerprint density at radius 2 is 2.13 bits per heavy atom. The van der Waals surface area contributed by atoms with Gasteiger partial charge in [0.2, 0.25) is 5.91 Å². The van der Waals surface area contributed by atoms with Crippen molar-refractivity contribution in [1.29, 1.82) is 0 Å². The molecule has 3 rings (SSSR count). The highest BCUT2D eigenvalue weighted by molar-refractivity contribution is 5.73. The molecule has 1 aliphatic heterocycles. The second-order valence-corrected chi connectivity index (χ2v) is 7.01. The molecule has 4 atom stereocenters. The zero-order chi connectivity index (χ0) is 16.4. The molecule has 2 heterocycles. The van der Waals surface area contributed by atoms with Gasteiger partial charge in [0.05, 0.1) is 12.1 Å². The van der Waals surface area contributed by atoms with Crippen LogP contribution in [0, 0.1) is 18.8 Å². The Bertz CT molecular complexity index is 563. The fourth-order valence-electron chi connectivity index (χ4n) is 4.24. The van der Waals surface area contributed by atoms with Crippen LogP contribution in [0.5, 0.6) is 0 Å². The number of nitrogens with one attached hydrogen (secondary N) is 1. The molecule has 1 aliphatic carbocycles. The zero-order valence-electron chi connectivity index (χ0n) is 14.3. The predicted molar refractivity (Wildman–Crippen MR) is 88.9 cm³/mol. The van der Waals surface area contributed by atoms with E-state index >= 15 is 0 Å². The summed E-state index contributed by atoms with van der Waals surface area (Å²) in [7, 11) is 1.76. The van der Waals surface area contributed by atoms with E-state index in [0.717, 1.165) is 38.2 Å². The van der Waals surface area contributed by atoms with Crippen LogP contribution in [-0.2, 0) is 16.1 Å². The van der Waals surface area contributed by atoms with E-state index in [1.807, 2.05) is 12.3 Å². The molecule has 0 aromatic carbocycles. The molecule has 1 N–H and O–H groups in total. The van der Waals surface area contributed by atoms with E-state index < -0.39 is 0 Å². The third-order valence-electron chi connectivity index (χ3n) is 5.39. The van der Waals surface area contributed by atoms with Gasteiger partial charge in [0.15, 0.2) is 0 Å². The molecule has 126 valence electrons. The molecule has 1 aromatic heterocycles. The summed E-state index contributed by atoms with van der Waals surface area (Å²) in [6, 6.07) is 4.33. The highest BCUT2D eigenvalue weighted by atomic mass is 16.5.